The Balaban J connectivity index is 1.52. The first-order chi connectivity index (χ1) is 12.6. The Morgan fingerprint density at radius 2 is 1.96 bits per heavy atom. The van der Waals surface area contributed by atoms with Gasteiger partial charge in [0.1, 0.15) is 23.9 Å². The van der Waals surface area contributed by atoms with Crippen LogP contribution in [-0.4, -0.2) is 43.3 Å². The normalized spacial score (nSPS) is 17.0. The molecule has 6 heteroatoms. The van der Waals surface area contributed by atoms with E-state index < -0.39 is 0 Å². The molecule has 1 fully saturated rings. The highest BCUT2D eigenvalue weighted by Crippen LogP contribution is 2.22. The summed E-state index contributed by atoms with van der Waals surface area (Å²) in [5, 5.41) is 3.27. The van der Waals surface area contributed by atoms with Crippen molar-refractivity contribution in [2.24, 2.45) is 5.92 Å². The molecule has 1 atom stereocenters. The second-order valence-electron chi connectivity index (χ2n) is 6.84. The minimum Gasteiger partial charge on any atom is -0.497 e. The van der Waals surface area contributed by atoms with Crippen molar-refractivity contribution in [1.29, 1.82) is 0 Å². The van der Waals surface area contributed by atoms with E-state index in [0.29, 0.717) is 25.0 Å². The van der Waals surface area contributed by atoms with Gasteiger partial charge in [-0.1, -0.05) is 6.92 Å². The molecule has 0 bridgehead atoms. The fourth-order valence-electron chi connectivity index (χ4n) is 3.19. The van der Waals surface area contributed by atoms with E-state index in [4.69, 9.17) is 14.5 Å². The summed E-state index contributed by atoms with van der Waals surface area (Å²) in [6.45, 7) is 7.63. The van der Waals surface area contributed by atoms with Crippen LogP contribution < -0.4 is 19.7 Å². The van der Waals surface area contributed by atoms with Crippen LogP contribution >= 0.6 is 0 Å². The van der Waals surface area contributed by atoms with Gasteiger partial charge in [-0.05, 0) is 49.9 Å². The third-order valence-corrected chi connectivity index (χ3v) is 4.54. The first-order valence-corrected chi connectivity index (χ1v) is 9.25. The van der Waals surface area contributed by atoms with Crippen LogP contribution in [0.5, 0.6) is 11.5 Å². The first kappa shape index (κ1) is 18.3. The molecule has 0 radical (unpaired) electrons. The molecule has 0 spiro atoms. The standard InChI is InChI=1S/C20H28N4O2/c1-15-5-4-11-24(14-15)19-13-16(2)22-20(23-19)21-10-12-26-18-8-6-17(25-3)7-9-18/h6-9,13,15H,4-5,10-12,14H2,1-3H3,(H,21,22,23). The molecule has 1 N–H and O–H groups in total. The van der Waals surface area contributed by atoms with Crippen molar-refractivity contribution in [2.45, 2.75) is 26.7 Å². The molecule has 0 saturated carbocycles. The van der Waals surface area contributed by atoms with Crippen LogP contribution in [0.15, 0.2) is 30.3 Å². The molecular weight excluding hydrogens is 328 g/mol. The molecule has 26 heavy (non-hydrogen) atoms. The molecule has 6 nitrogen and oxygen atoms in total. The van der Waals surface area contributed by atoms with Gasteiger partial charge in [0.25, 0.3) is 0 Å². The van der Waals surface area contributed by atoms with Crippen LogP contribution in [0.2, 0.25) is 0 Å². The zero-order valence-electron chi connectivity index (χ0n) is 15.9. The van der Waals surface area contributed by atoms with Crippen molar-refractivity contribution >= 4 is 11.8 Å². The number of aryl methyl sites for hydroxylation is 1. The van der Waals surface area contributed by atoms with E-state index in [0.717, 1.165) is 36.1 Å². The van der Waals surface area contributed by atoms with Gasteiger partial charge in [0.15, 0.2) is 0 Å². The molecule has 1 aromatic carbocycles. The maximum atomic E-state index is 5.73. The lowest BCUT2D eigenvalue weighted by Crippen LogP contribution is -2.35. The summed E-state index contributed by atoms with van der Waals surface area (Å²) >= 11 is 0. The number of piperidine rings is 1. The molecular formula is C20H28N4O2. The summed E-state index contributed by atoms with van der Waals surface area (Å²) in [6, 6.07) is 9.64. The Morgan fingerprint density at radius 1 is 1.19 bits per heavy atom. The maximum absolute atomic E-state index is 5.73. The van der Waals surface area contributed by atoms with E-state index in [1.807, 2.05) is 31.2 Å². The van der Waals surface area contributed by atoms with Crippen molar-refractivity contribution in [3.63, 3.8) is 0 Å². The van der Waals surface area contributed by atoms with Crippen LogP contribution in [0, 0.1) is 12.8 Å². The van der Waals surface area contributed by atoms with Gasteiger partial charge in [0, 0.05) is 24.8 Å². The summed E-state index contributed by atoms with van der Waals surface area (Å²) in [4.78, 5) is 11.5. The molecule has 0 amide bonds. The van der Waals surface area contributed by atoms with Crippen LogP contribution in [0.4, 0.5) is 11.8 Å². The Morgan fingerprint density at radius 3 is 2.69 bits per heavy atom. The number of methoxy groups -OCH3 is 1. The first-order valence-electron chi connectivity index (χ1n) is 9.25. The highest BCUT2D eigenvalue weighted by atomic mass is 16.5. The van der Waals surface area contributed by atoms with E-state index >= 15 is 0 Å². The van der Waals surface area contributed by atoms with Crippen molar-refractivity contribution < 1.29 is 9.47 Å². The van der Waals surface area contributed by atoms with Gasteiger partial charge in [0.2, 0.25) is 5.95 Å². The van der Waals surface area contributed by atoms with E-state index in [-0.39, 0.29) is 0 Å². The summed E-state index contributed by atoms with van der Waals surface area (Å²) in [5.41, 5.74) is 0.979. The van der Waals surface area contributed by atoms with Crippen LogP contribution in [-0.2, 0) is 0 Å². The molecule has 140 valence electrons. The Bertz CT molecular complexity index is 705. The number of nitrogens with one attached hydrogen (secondary N) is 1. The molecule has 1 saturated heterocycles. The third-order valence-electron chi connectivity index (χ3n) is 4.54. The van der Waals surface area contributed by atoms with Gasteiger partial charge in [-0.15, -0.1) is 0 Å². The molecule has 1 aliphatic rings. The van der Waals surface area contributed by atoms with Gasteiger partial charge < -0.3 is 19.7 Å². The monoisotopic (exact) mass is 356 g/mol. The molecule has 1 aromatic heterocycles. The molecule has 0 aliphatic carbocycles. The topological polar surface area (TPSA) is 59.5 Å². The fraction of sp³-hybridized carbons (Fsp3) is 0.500. The van der Waals surface area contributed by atoms with Crippen molar-refractivity contribution in [2.75, 3.05) is 43.6 Å². The van der Waals surface area contributed by atoms with Gasteiger partial charge in [-0.2, -0.15) is 4.98 Å². The Labute approximate surface area is 155 Å². The third kappa shape index (κ3) is 5.00. The number of benzene rings is 1. The minimum absolute atomic E-state index is 0.541. The smallest absolute Gasteiger partial charge is 0.224 e. The van der Waals surface area contributed by atoms with Crippen molar-refractivity contribution in [1.82, 2.24) is 9.97 Å². The van der Waals surface area contributed by atoms with E-state index in [2.05, 4.69) is 28.2 Å². The predicted octanol–water partition coefficient (Wildman–Crippen LogP) is 3.52. The van der Waals surface area contributed by atoms with Gasteiger partial charge in [0.05, 0.1) is 13.7 Å². The predicted molar refractivity (Wildman–Crippen MR) is 104 cm³/mol. The molecule has 1 aliphatic heterocycles. The van der Waals surface area contributed by atoms with Gasteiger partial charge >= 0.3 is 0 Å². The fourth-order valence-corrected chi connectivity index (χ4v) is 3.19. The van der Waals surface area contributed by atoms with Gasteiger partial charge in [-0.3, -0.25) is 0 Å². The molecule has 1 unspecified atom stereocenters. The lowest BCUT2D eigenvalue weighted by molar-refractivity contribution is 0.331. The number of hydrogen-bond donors (Lipinski definition) is 1. The maximum Gasteiger partial charge on any atom is 0.224 e. The average molecular weight is 356 g/mol. The second-order valence-corrected chi connectivity index (χ2v) is 6.84. The lowest BCUT2D eigenvalue weighted by Gasteiger charge is -2.32. The highest BCUT2D eigenvalue weighted by molar-refractivity contribution is 5.45. The average Bonchev–Trinajstić information content (AvgIpc) is 2.65. The van der Waals surface area contributed by atoms with Crippen LogP contribution in [0.1, 0.15) is 25.5 Å². The highest BCUT2D eigenvalue weighted by Gasteiger charge is 2.18. The van der Waals surface area contributed by atoms with Crippen LogP contribution in [0.25, 0.3) is 0 Å². The molecule has 3 rings (SSSR count). The quantitative estimate of drug-likeness (QED) is 0.766. The molecule has 2 heterocycles. The zero-order valence-corrected chi connectivity index (χ0v) is 15.9. The minimum atomic E-state index is 0.541. The zero-order chi connectivity index (χ0) is 18.4. The Kier molecular flexibility index (Phi) is 6.15. The summed E-state index contributed by atoms with van der Waals surface area (Å²) in [6.07, 6.45) is 2.52. The number of ether oxygens (including phenoxy) is 2. The summed E-state index contributed by atoms with van der Waals surface area (Å²) in [5.74, 6) is 4.04. The number of nitrogens with zero attached hydrogens (tertiary/aromatic N) is 3. The van der Waals surface area contributed by atoms with E-state index in [1.54, 1.807) is 7.11 Å². The van der Waals surface area contributed by atoms with Crippen LogP contribution in [0.3, 0.4) is 0 Å². The van der Waals surface area contributed by atoms with E-state index in [9.17, 15) is 0 Å². The largest absolute Gasteiger partial charge is 0.497 e. The lowest BCUT2D eigenvalue weighted by atomic mass is 10.0. The number of rotatable bonds is 7. The summed E-state index contributed by atoms with van der Waals surface area (Å²) < 4.78 is 10.9. The van der Waals surface area contributed by atoms with Crippen molar-refractivity contribution in [3.05, 3.63) is 36.0 Å². The number of aromatic nitrogens is 2. The number of anilines is 2. The van der Waals surface area contributed by atoms with Gasteiger partial charge in [-0.25, -0.2) is 4.98 Å². The summed E-state index contributed by atoms with van der Waals surface area (Å²) in [7, 11) is 1.65. The SMILES string of the molecule is COc1ccc(OCCNc2nc(C)cc(N3CCCC(C)C3)n2)cc1. The van der Waals surface area contributed by atoms with E-state index in [1.165, 1.54) is 12.8 Å². The number of hydrogen-bond acceptors (Lipinski definition) is 6. The molecule has 2 aromatic rings. The second kappa shape index (κ2) is 8.74. The van der Waals surface area contributed by atoms with Crippen molar-refractivity contribution in [3.8, 4) is 11.5 Å². The Hall–Kier alpha value is -2.50.